The zero-order valence-electron chi connectivity index (χ0n) is 22.3. The second kappa shape index (κ2) is 15.7. The van der Waals surface area contributed by atoms with Gasteiger partial charge in [0.2, 0.25) is 0 Å². The lowest BCUT2D eigenvalue weighted by Gasteiger charge is -2.35. The van der Waals surface area contributed by atoms with E-state index in [1.165, 1.54) is 11.8 Å². The summed E-state index contributed by atoms with van der Waals surface area (Å²) < 4.78 is 19.0. The normalized spacial score (nSPS) is 17.1. The number of para-hydroxylation sites is 1. The highest BCUT2D eigenvalue weighted by molar-refractivity contribution is 8.04. The number of nitrogens with one attached hydrogen (secondary N) is 2. The van der Waals surface area contributed by atoms with Crippen molar-refractivity contribution in [2.45, 2.75) is 19.3 Å². The van der Waals surface area contributed by atoms with Gasteiger partial charge in [-0.1, -0.05) is 35.5 Å². The van der Waals surface area contributed by atoms with Crippen molar-refractivity contribution >= 4 is 46.6 Å². The molecular formula is C25H36ClF2N7O2S. The molecular weight excluding hydrogens is 536 g/mol. The highest BCUT2D eigenvalue weighted by atomic mass is 35.5. The molecule has 2 aromatic rings. The minimum Gasteiger partial charge on any atom is -0.395 e. The molecule has 1 atom stereocenters. The number of aliphatic hydroxyl groups is 1. The zero-order valence-corrected chi connectivity index (χ0v) is 23.9. The summed E-state index contributed by atoms with van der Waals surface area (Å²) in [7, 11) is 2.92. The Balaban J connectivity index is 0.00000121. The van der Waals surface area contributed by atoms with Gasteiger partial charge in [0.25, 0.3) is 5.91 Å². The van der Waals surface area contributed by atoms with Crippen LogP contribution >= 0.6 is 23.4 Å². The molecule has 0 bridgehead atoms. The molecule has 4 rings (SSSR count). The van der Waals surface area contributed by atoms with Crippen LogP contribution in [0.15, 0.2) is 35.4 Å². The third kappa shape index (κ3) is 8.42. The van der Waals surface area contributed by atoms with E-state index in [1.54, 1.807) is 6.07 Å². The Morgan fingerprint density at radius 3 is 2.47 bits per heavy atom. The summed E-state index contributed by atoms with van der Waals surface area (Å²) in [6.07, 6.45) is 1.82. The lowest BCUT2D eigenvalue weighted by Crippen LogP contribution is -2.47. The van der Waals surface area contributed by atoms with Crippen LogP contribution in [0.2, 0.25) is 5.02 Å². The van der Waals surface area contributed by atoms with E-state index in [2.05, 4.69) is 30.4 Å². The Hall–Kier alpha value is -2.67. The topological polar surface area (TPSA) is 96.9 Å². The zero-order chi connectivity index (χ0) is 28.2. The maximum Gasteiger partial charge on any atom is 0.263 e. The van der Waals surface area contributed by atoms with Crippen molar-refractivity contribution in [3.8, 4) is 0 Å². The van der Waals surface area contributed by atoms with E-state index in [0.29, 0.717) is 48.2 Å². The van der Waals surface area contributed by atoms with E-state index in [0.717, 1.165) is 37.6 Å². The Kier molecular flexibility index (Phi) is 13.0. The first-order valence-corrected chi connectivity index (χ1v) is 13.2. The first-order chi connectivity index (χ1) is 18.3. The number of carbonyl (C=O) groups is 1. The highest BCUT2D eigenvalue weighted by Gasteiger charge is 2.28. The summed E-state index contributed by atoms with van der Waals surface area (Å²) in [4.78, 5) is 29.1. The fraction of sp³-hybridized carbons (Fsp3) is 0.480. The molecule has 1 aromatic carbocycles. The van der Waals surface area contributed by atoms with Crippen LogP contribution in [0.3, 0.4) is 0 Å². The van der Waals surface area contributed by atoms with E-state index in [-0.39, 0.29) is 18.0 Å². The number of β-amino-alcohol motifs (C(OH)–C–C–N with tert-alkyl or cyclic N) is 1. The fourth-order valence-corrected chi connectivity index (χ4v) is 5.25. The number of hydrogen-bond donors (Lipinski definition) is 3. The molecule has 210 valence electrons. The largest absolute Gasteiger partial charge is 0.395 e. The van der Waals surface area contributed by atoms with Crippen molar-refractivity contribution in [2.24, 2.45) is 0 Å². The lowest BCUT2D eigenvalue weighted by molar-refractivity contribution is -0.112. The number of carbonyl (C=O) groups excluding carboxylic acids is 1. The maximum absolute atomic E-state index is 12.9. The van der Waals surface area contributed by atoms with Crippen LogP contribution in [0.5, 0.6) is 0 Å². The van der Waals surface area contributed by atoms with Gasteiger partial charge >= 0.3 is 0 Å². The van der Waals surface area contributed by atoms with Crippen LogP contribution in [0.25, 0.3) is 0 Å². The van der Waals surface area contributed by atoms with Gasteiger partial charge in [-0.3, -0.25) is 18.5 Å². The molecule has 0 radical (unpaired) electrons. The van der Waals surface area contributed by atoms with Crippen molar-refractivity contribution in [1.82, 2.24) is 19.8 Å². The Morgan fingerprint density at radius 1 is 1.16 bits per heavy atom. The fourth-order valence-electron chi connectivity index (χ4n) is 3.95. The second-order valence-electron chi connectivity index (χ2n) is 8.37. The van der Waals surface area contributed by atoms with Crippen LogP contribution in [-0.4, -0.2) is 97.0 Å². The summed E-state index contributed by atoms with van der Waals surface area (Å²) in [6, 6.07) is 7.49. The molecule has 1 unspecified atom stereocenters. The number of piperazine rings is 1. The van der Waals surface area contributed by atoms with Crippen LogP contribution in [0.4, 0.5) is 26.1 Å². The summed E-state index contributed by atoms with van der Waals surface area (Å²) in [6.45, 7) is 8.15. The van der Waals surface area contributed by atoms with Gasteiger partial charge in [0.15, 0.2) is 5.50 Å². The lowest BCUT2D eigenvalue weighted by atomic mass is 10.2. The molecule has 38 heavy (non-hydrogen) atoms. The molecule has 1 saturated heterocycles. The van der Waals surface area contributed by atoms with Crippen molar-refractivity contribution in [3.05, 3.63) is 51.8 Å². The van der Waals surface area contributed by atoms with Gasteiger partial charge in [0.1, 0.15) is 17.5 Å². The maximum atomic E-state index is 12.9. The second-order valence-corrected chi connectivity index (χ2v) is 9.90. The Bertz CT molecular complexity index is 1070. The van der Waals surface area contributed by atoms with Crippen molar-refractivity contribution < 1.29 is 18.7 Å². The average Bonchev–Trinajstić information content (AvgIpc) is 3.29. The van der Waals surface area contributed by atoms with Crippen LogP contribution in [0.1, 0.15) is 11.4 Å². The minimum atomic E-state index is -0.197. The number of aromatic nitrogens is 2. The number of anilines is 3. The minimum absolute atomic E-state index is 0.180. The molecule has 3 N–H and O–H groups in total. The molecule has 0 saturated carbocycles. The summed E-state index contributed by atoms with van der Waals surface area (Å²) in [5.74, 6) is 2.08. The van der Waals surface area contributed by atoms with Crippen LogP contribution in [-0.2, 0) is 4.79 Å². The number of hydrogen-bond acceptors (Lipinski definition) is 9. The number of thioether (sulfide) groups is 1. The number of aryl methyl sites for hydroxylation is 2. The van der Waals surface area contributed by atoms with Gasteiger partial charge in [0.05, 0.1) is 36.6 Å². The summed E-state index contributed by atoms with van der Waals surface area (Å²) in [5.41, 5.74) is 1.36. The van der Waals surface area contributed by atoms with Gasteiger partial charge in [-0.2, -0.15) is 0 Å². The molecule has 9 nitrogen and oxygen atoms in total. The van der Waals surface area contributed by atoms with Crippen LogP contribution in [0, 0.1) is 13.8 Å². The highest BCUT2D eigenvalue weighted by Crippen LogP contribution is 2.34. The molecule has 1 amide bonds. The van der Waals surface area contributed by atoms with Gasteiger partial charge in [-0.05, 0) is 25.5 Å². The molecule has 1 fully saturated rings. The van der Waals surface area contributed by atoms with E-state index >= 15 is 0 Å². The standard InChI is InChI=1S/C23H30ClN7O2S.2CH3F/c1-15-5-4-6-17(24)21(15)28-22(33)18-14-29(3)23(34-18)27-19-13-20(26-16(2)25-19)31-9-7-30(8-10-31)11-12-32;2*1-2/h4-6,13-14,23,32H,7-12H2,1-3H3,(H,28,33)(H,25,26,27);2*1H3. The van der Waals surface area contributed by atoms with E-state index in [9.17, 15) is 13.6 Å². The monoisotopic (exact) mass is 571 g/mol. The molecule has 13 heteroatoms. The Labute approximate surface area is 232 Å². The molecule has 1 aromatic heterocycles. The number of benzene rings is 1. The number of amides is 1. The van der Waals surface area contributed by atoms with Gasteiger partial charge < -0.3 is 25.5 Å². The molecule has 2 aliphatic rings. The number of alkyl halides is 2. The number of nitrogens with zero attached hydrogens (tertiary/aromatic N) is 5. The third-order valence-corrected chi connectivity index (χ3v) is 7.36. The average molecular weight is 572 g/mol. The number of halogens is 3. The summed E-state index contributed by atoms with van der Waals surface area (Å²) >= 11 is 7.69. The van der Waals surface area contributed by atoms with E-state index < -0.39 is 0 Å². The molecule has 3 heterocycles. The molecule has 0 aliphatic carbocycles. The molecule has 0 spiro atoms. The van der Waals surface area contributed by atoms with Gasteiger partial charge in [0, 0.05) is 52.0 Å². The first-order valence-electron chi connectivity index (χ1n) is 12.0. The molecule has 2 aliphatic heterocycles. The predicted octanol–water partition coefficient (Wildman–Crippen LogP) is 3.89. The van der Waals surface area contributed by atoms with Crippen LogP contribution < -0.4 is 15.5 Å². The SMILES string of the molecule is CF.CF.Cc1nc(NC2SC(C(=O)Nc3c(C)cccc3Cl)=CN2C)cc(N2CCN(CCO)CC2)n1. The quantitative estimate of drug-likeness (QED) is 0.457. The van der Waals surface area contributed by atoms with Crippen molar-refractivity contribution in [3.63, 3.8) is 0 Å². The van der Waals surface area contributed by atoms with E-state index in [1.807, 2.05) is 50.2 Å². The van der Waals surface area contributed by atoms with Crippen molar-refractivity contribution in [1.29, 1.82) is 0 Å². The Morgan fingerprint density at radius 2 is 1.84 bits per heavy atom. The number of aliphatic hydroxyl groups excluding tert-OH is 1. The predicted molar refractivity (Wildman–Crippen MR) is 152 cm³/mol. The first kappa shape index (κ1) is 31.5. The number of rotatable bonds is 7. The van der Waals surface area contributed by atoms with E-state index in [4.69, 9.17) is 16.7 Å². The third-order valence-electron chi connectivity index (χ3n) is 5.82. The van der Waals surface area contributed by atoms with Gasteiger partial charge in [-0.25, -0.2) is 9.97 Å². The van der Waals surface area contributed by atoms with Crippen molar-refractivity contribution in [2.75, 3.05) is 76.3 Å². The van der Waals surface area contributed by atoms with Gasteiger partial charge in [-0.15, -0.1) is 0 Å². The smallest absolute Gasteiger partial charge is 0.263 e. The summed E-state index contributed by atoms with van der Waals surface area (Å²) in [5, 5.41) is 16.0.